The van der Waals surface area contributed by atoms with E-state index < -0.39 is 0 Å². The van der Waals surface area contributed by atoms with Gasteiger partial charge in [0, 0.05) is 0 Å². The van der Waals surface area contributed by atoms with Crippen LogP contribution in [-0.4, -0.2) is 0 Å². The fraction of sp³-hybridized carbons (Fsp3) is 0.231. The molecule has 0 amide bonds. The molecule has 0 unspecified atom stereocenters. The van der Waals surface area contributed by atoms with Gasteiger partial charge in [0.15, 0.2) is 0 Å². The highest BCUT2D eigenvalue weighted by Gasteiger charge is 2.00. The molecular weight excluding hydrogens is 170 g/mol. The van der Waals surface area contributed by atoms with E-state index in [-0.39, 0.29) is 6.15 Å². The smallest absolute Gasteiger partial charge is 0.0149 e. The van der Waals surface area contributed by atoms with Gasteiger partial charge in [0.05, 0.1) is 0 Å². The van der Waals surface area contributed by atoms with Crippen LogP contribution < -0.4 is 6.15 Å². The average molecular weight is 187 g/mol. The summed E-state index contributed by atoms with van der Waals surface area (Å²) in [7, 11) is 0. The lowest BCUT2D eigenvalue weighted by Crippen LogP contribution is -1.87. The Labute approximate surface area is 85.3 Å². The first-order valence-electron chi connectivity index (χ1n) is 4.80. The topological polar surface area (TPSA) is 35.0 Å². The van der Waals surface area contributed by atoms with Gasteiger partial charge in [0.25, 0.3) is 0 Å². The monoisotopic (exact) mass is 187 g/mol. The normalized spacial score (nSPS) is 9.86. The van der Waals surface area contributed by atoms with Gasteiger partial charge in [-0.05, 0) is 35.2 Å². The van der Waals surface area contributed by atoms with Gasteiger partial charge in [0.2, 0.25) is 0 Å². The van der Waals surface area contributed by atoms with Crippen LogP contribution in [0.3, 0.4) is 0 Å². The average Bonchev–Trinajstić information content (AvgIpc) is 2.18. The van der Waals surface area contributed by atoms with E-state index in [1.807, 2.05) is 0 Å². The molecule has 0 aliphatic heterocycles. The molecule has 0 saturated carbocycles. The SMILES string of the molecule is CCc1c(C)ccc2ccccc12.N. The maximum absolute atomic E-state index is 2.22. The summed E-state index contributed by atoms with van der Waals surface area (Å²) in [6.45, 7) is 4.40. The highest BCUT2D eigenvalue weighted by Crippen LogP contribution is 2.22. The molecule has 1 nitrogen and oxygen atoms in total. The van der Waals surface area contributed by atoms with Crippen molar-refractivity contribution in [2.45, 2.75) is 20.3 Å². The highest BCUT2D eigenvalue weighted by molar-refractivity contribution is 5.86. The first-order chi connectivity index (χ1) is 6.33. The maximum Gasteiger partial charge on any atom is -0.0149 e. The Kier molecular flexibility index (Phi) is 3.26. The fourth-order valence-corrected chi connectivity index (χ4v) is 1.91. The summed E-state index contributed by atoms with van der Waals surface area (Å²) in [5.74, 6) is 0. The van der Waals surface area contributed by atoms with Crippen molar-refractivity contribution in [3.05, 3.63) is 47.5 Å². The van der Waals surface area contributed by atoms with Crippen LogP contribution in [0.25, 0.3) is 10.8 Å². The van der Waals surface area contributed by atoms with Crippen molar-refractivity contribution in [3.8, 4) is 0 Å². The number of fused-ring (bicyclic) bond motifs is 1. The van der Waals surface area contributed by atoms with E-state index in [4.69, 9.17) is 0 Å². The minimum Gasteiger partial charge on any atom is -0.344 e. The molecule has 0 fully saturated rings. The maximum atomic E-state index is 2.22. The van der Waals surface area contributed by atoms with Crippen LogP contribution in [0.4, 0.5) is 0 Å². The highest BCUT2D eigenvalue weighted by atomic mass is 14.1. The lowest BCUT2D eigenvalue weighted by atomic mass is 9.98. The Morgan fingerprint density at radius 1 is 1.00 bits per heavy atom. The minimum absolute atomic E-state index is 0. The first-order valence-corrected chi connectivity index (χ1v) is 4.80. The van der Waals surface area contributed by atoms with Gasteiger partial charge >= 0.3 is 0 Å². The summed E-state index contributed by atoms with van der Waals surface area (Å²) in [4.78, 5) is 0. The van der Waals surface area contributed by atoms with Gasteiger partial charge in [-0.1, -0.05) is 43.3 Å². The van der Waals surface area contributed by atoms with Crippen LogP contribution in [0.1, 0.15) is 18.1 Å². The second-order valence-electron chi connectivity index (χ2n) is 3.44. The molecule has 0 aromatic heterocycles. The van der Waals surface area contributed by atoms with Gasteiger partial charge in [-0.25, -0.2) is 0 Å². The summed E-state index contributed by atoms with van der Waals surface area (Å²) in [5.41, 5.74) is 2.89. The van der Waals surface area contributed by atoms with Crippen LogP contribution in [0.5, 0.6) is 0 Å². The predicted molar refractivity (Wildman–Crippen MR) is 63.1 cm³/mol. The quantitative estimate of drug-likeness (QED) is 0.722. The third kappa shape index (κ3) is 1.64. The summed E-state index contributed by atoms with van der Waals surface area (Å²) < 4.78 is 0. The second kappa shape index (κ2) is 4.25. The Balaban J connectivity index is 0.000000980. The Morgan fingerprint density at radius 2 is 1.71 bits per heavy atom. The molecule has 0 aliphatic rings. The second-order valence-corrected chi connectivity index (χ2v) is 3.44. The number of benzene rings is 2. The van der Waals surface area contributed by atoms with Gasteiger partial charge in [-0.2, -0.15) is 0 Å². The zero-order chi connectivity index (χ0) is 9.26. The van der Waals surface area contributed by atoms with E-state index in [1.165, 1.54) is 21.9 Å². The van der Waals surface area contributed by atoms with E-state index in [2.05, 4.69) is 50.2 Å². The Bertz CT molecular complexity index is 432. The zero-order valence-electron chi connectivity index (χ0n) is 8.88. The zero-order valence-corrected chi connectivity index (χ0v) is 8.88. The van der Waals surface area contributed by atoms with Crippen molar-refractivity contribution >= 4 is 10.8 Å². The van der Waals surface area contributed by atoms with Crippen molar-refractivity contribution in [1.29, 1.82) is 0 Å². The first kappa shape index (κ1) is 10.7. The van der Waals surface area contributed by atoms with Crippen LogP contribution in [0, 0.1) is 6.92 Å². The number of rotatable bonds is 1. The van der Waals surface area contributed by atoms with Crippen molar-refractivity contribution in [2.24, 2.45) is 0 Å². The van der Waals surface area contributed by atoms with E-state index in [1.54, 1.807) is 0 Å². The largest absolute Gasteiger partial charge is 0.344 e. The van der Waals surface area contributed by atoms with Gasteiger partial charge in [0.1, 0.15) is 0 Å². The Morgan fingerprint density at radius 3 is 2.43 bits per heavy atom. The molecule has 0 radical (unpaired) electrons. The van der Waals surface area contributed by atoms with Crippen LogP contribution >= 0.6 is 0 Å². The van der Waals surface area contributed by atoms with Crippen molar-refractivity contribution in [1.82, 2.24) is 6.15 Å². The van der Waals surface area contributed by atoms with Crippen LogP contribution in [0.2, 0.25) is 0 Å². The van der Waals surface area contributed by atoms with E-state index in [9.17, 15) is 0 Å². The Hall–Kier alpha value is -1.34. The van der Waals surface area contributed by atoms with Crippen LogP contribution in [-0.2, 0) is 6.42 Å². The molecule has 0 atom stereocenters. The molecule has 0 heterocycles. The molecule has 14 heavy (non-hydrogen) atoms. The van der Waals surface area contributed by atoms with E-state index in [0.717, 1.165) is 6.42 Å². The van der Waals surface area contributed by atoms with E-state index in [0.29, 0.717) is 0 Å². The minimum atomic E-state index is 0. The number of hydrogen-bond donors (Lipinski definition) is 1. The van der Waals surface area contributed by atoms with Gasteiger partial charge < -0.3 is 6.15 Å². The van der Waals surface area contributed by atoms with E-state index >= 15 is 0 Å². The fourth-order valence-electron chi connectivity index (χ4n) is 1.91. The molecule has 0 spiro atoms. The van der Waals surface area contributed by atoms with Crippen molar-refractivity contribution < 1.29 is 0 Å². The number of hydrogen-bond acceptors (Lipinski definition) is 1. The lowest BCUT2D eigenvalue weighted by molar-refractivity contribution is 1.13. The standard InChI is InChI=1S/C13H14.H3N/c1-3-12-10(2)8-9-11-6-4-5-7-13(11)12;/h4-9H,3H2,1-2H3;1H3. The summed E-state index contributed by atoms with van der Waals surface area (Å²) in [6, 6.07) is 13.0. The molecule has 0 bridgehead atoms. The summed E-state index contributed by atoms with van der Waals surface area (Å²) in [5, 5.41) is 2.76. The molecule has 2 aromatic rings. The van der Waals surface area contributed by atoms with Gasteiger partial charge in [-0.15, -0.1) is 0 Å². The molecule has 2 rings (SSSR count). The van der Waals surface area contributed by atoms with Crippen molar-refractivity contribution in [3.63, 3.8) is 0 Å². The van der Waals surface area contributed by atoms with Crippen molar-refractivity contribution in [2.75, 3.05) is 0 Å². The molecule has 3 N–H and O–H groups in total. The van der Waals surface area contributed by atoms with Gasteiger partial charge in [-0.3, -0.25) is 0 Å². The molecule has 2 aromatic carbocycles. The molecule has 1 heteroatoms. The summed E-state index contributed by atoms with van der Waals surface area (Å²) >= 11 is 0. The third-order valence-electron chi connectivity index (χ3n) is 2.63. The third-order valence-corrected chi connectivity index (χ3v) is 2.63. The van der Waals surface area contributed by atoms with Crippen LogP contribution in [0.15, 0.2) is 36.4 Å². The molecule has 0 aliphatic carbocycles. The summed E-state index contributed by atoms with van der Waals surface area (Å²) in [6.07, 6.45) is 1.12. The number of aryl methyl sites for hydroxylation is 2. The lowest BCUT2D eigenvalue weighted by Gasteiger charge is -2.07. The molecular formula is C13H17N. The molecule has 0 saturated heterocycles. The predicted octanol–water partition coefficient (Wildman–Crippen LogP) is 3.87. The molecule has 74 valence electrons.